The third-order valence-corrected chi connectivity index (χ3v) is 20.3. The highest BCUT2D eigenvalue weighted by molar-refractivity contribution is 9.10. The first-order valence-corrected chi connectivity index (χ1v) is 36.5. The molecule has 0 bridgehead atoms. The van der Waals surface area contributed by atoms with E-state index in [0.717, 1.165) is 82.3 Å². The molecule has 0 radical (unpaired) electrons. The number of benzene rings is 14. The normalized spacial score (nSPS) is 11.3. The van der Waals surface area contributed by atoms with E-state index in [4.69, 9.17) is 29.9 Å². The van der Waals surface area contributed by atoms with Gasteiger partial charge in [-0.3, -0.25) is 0 Å². The Balaban J connectivity index is 0.000000126. The molecule has 10 nitrogen and oxygen atoms in total. The zero-order chi connectivity index (χ0) is 71.7. The second kappa shape index (κ2) is 28.5. The molecule has 0 fully saturated rings. The molecule has 0 aliphatic carbocycles. The van der Waals surface area contributed by atoms with Gasteiger partial charge in [0.15, 0.2) is 34.9 Å². The molecule has 11 heteroatoms. The Labute approximate surface area is 627 Å². The second-order valence-electron chi connectivity index (χ2n) is 26.6. The van der Waals surface area contributed by atoms with Gasteiger partial charge in [-0.25, -0.2) is 29.9 Å². The molecule has 0 atom stereocenters. The number of para-hydroxylation sites is 4. The quantitative estimate of drug-likeness (QED) is 0.138. The van der Waals surface area contributed by atoms with Crippen LogP contribution in [0.5, 0.6) is 0 Å². The summed E-state index contributed by atoms with van der Waals surface area (Å²) in [7, 11) is 0. The van der Waals surface area contributed by atoms with Gasteiger partial charge in [-0.05, 0) is 132 Å². The van der Waals surface area contributed by atoms with Crippen molar-refractivity contribution in [2.24, 2.45) is 0 Å². The number of hydrogen-bond acceptors (Lipinski definition) is 6. The lowest BCUT2D eigenvalue weighted by Crippen LogP contribution is -2.02. The lowest BCUT2D eigenvalue weighted by atomic mass is 10.0. The van der Waals surface area contributed by atoms with Gasteiger partial charge in [0.1, 0.15) is 0 Å². The summed E-state index contributed by atoms with van der Waals surface area (Å²) in [6.07, 6.45) is 4.36. The molecule has 0 saturated carbocycles. The van der Waals surface area contributed by atoms with E-state index in [2.05, 4.69) is 267 Å². The van der Waals surface area contributed by atoms with Crippen LogP contribution in [0.15, 0.2) is 369 Å². The largest absolute Gasteiger partial charge is 0.354 e. The summed E-state index contributed by atoms with van der Waals surface area (Å²) < 4.78 is 7.98. The number of hydrogen-bond donors (Lipinski definition) is 1. The standard InChI is InChI=1S/C48H33N5.C27H18BrN3.C21H16N2/c1-32-15-11-13-23-42(32)52-28-27-41-43(52)26-25-40-39-22-12-14-24-44(39)53(45(40)41)38-30-36(33-16-5-2-6-17-33)29-37(31-38)48-50-46(34-18-7-3-8-19-34)49-47(51-48)35-20-9-4-10-21-35;28-24-17-22(19-10-4-1-5-11-19)16-23(18-24)27-30-25(20-12-6-2-7-13-20)29-26(31-27)21-14-8-3-9-15-21;1-14-6-2-5-9-19(14)23-13-12-17-20(23)11-10-16-15-7-3-4-8-18(15)22-21(16)17/h2-31H,1H3;1-18H;2-13,22H,1H3. The molecular weight excluding hydrogens is 1370 g/mol. The topological polar surface area (TPSA) is 108 Å². The molecule has 0 unspecified atom stereocenters. The van der Waals surface area contributed by atoms with Crippen LogP contribution in [0, 0.1) is 13.8 Å². The van der Waals surface area contributed by atoms with Crippen LogP contribution in [0.1, 0.15) is 11.1 Å². The van der Waals surface area contributed by atoms with Gasteiger partial charge in [0.05, 0.1) is 27.6 Å². The van der Waals surface area contributed by atoms with Crippen LogP contribution in [0.2, 0.25) is 0 Å². The highest BCUT2D eigenvalue weighted by atomic mass is 79.9. The Kier molecular flexibility index (Phi) is 17.4. The summed E-state index contributed by atoms with van der Waals surface area (Å²) in [5, 5.41) is 7.44. The third kappa shape index (κ3) is 12.8. The molecule has 0 spiro atoms. The van der Waals surface area contributed by atoms with Crippen LogP contribution in [0.3, 0.4) is 0 Å². The third-order valence-electron chi connectivity index (χ3n) is 19.8. The van der Waals surface area contributed by atoms with Gasteiger partial charge in [-0.1, -0.05) is 283 Å². The van der Waals surface area contributed by atoms with Crippen molar-refractivity contribution in [3.05, 3.63) is 380 Å². The Bertz CT molecular complexity index is 6530. The summed E-state index contributed by atoms with van der Waals surface area (Å²) in [6.45, 7) is 4.32. The predicted molar refractivity (Wildman–Crippen MR) is 444 cm³/mol. The van der Waals surface area contributed by atoms with Crippen molar-refractivity contribution in [1.29, 1.82) is 0 Å². The fourth-order valence-corrected chi connectivity index (χ4v) is 15.1. The maximum Gasteiger partial charge on any atom is 0.164 e. The monoisotopic (exact) mass is 1440 g/mol. The maximum absolute atomic E-state index is 5.14. The Morgan fingerprint density at radius 2 is 0.626 bits per heavy atom. The smallest absolute Gasteiger partial charge is 0.164 e. The van der Waals surface area contributed by atoms with E-state index in [9.17, 15) is 0 Å². The molecule has 0 aliphatic heterocycles. The molecule has 0 aliphatic rings. The van der Waals surface area contributed by atoms with Gasteiger partial charge >= 0.3 is 0 Å². The average Bonchev–Trinajstić information content (AvgIpc) is 1.57. The molecule has 6 aromatic heterocycles. The van der Waals surface area contributed by atoms with Gasteiger partial charge in [-0.2, -0.15) is 0 Å². The number of aromatic nitrogens is 10. The van der Waals surface area contributed by atoms with Crippen molar-refractivity contribution in [1.82, 2.24) is 48.6 Å². The first-order valence-electron chi connectivity index (χ1n) is 35.8. The number of H-pyrrole nitrogens is 1. The minimum absolute atomic E-state index is 0.619. The summed E-state index contributed by atoms with van der Waals surface area (Å²) in [5.74, 6) is 3.85. The number of nitrogens with one attached hydrogen (secondary N) is 1. The summed E-state index contributed by atoms with van der Waals surface area (Å²) in [5.41, 5.74) is 23.2. The van der Waals surface area contributed by atoms with E-state index in [0.29, 0.717) is 34.9 Å². The zero-order valence-electron chi connectivity index (χ0n) is 58.5. The number of rotatable bonds is 11. The molecule has 14 aromatic carbocycles. The zero-order valence-corrected chi connectivity index (χ0v) is 60.1. The summed E-state index contributed by atoms with van der Waals surface area (Å²) in [4.78, 5) is 33.3. The molecule has 6 heterocycles. The lowest BCUT2D eigenvalue weighted by Gasteiger charge is -2.15. The molecule has 107 heavy (non-hydrogen) atoms. The van der Waals surface area contributed by atoms with Crippen LogP contribution in [0.25, 0.3) is 173 Å². The fraction of sp³-hybridized carbons (Fsp3) is 0.0208. The van der Waals surface area contributed by atoms with Crippen molar-refractivity contribution in [3.63, 3.8) is 0 Å². The highest BCUT2D eigenvalue weighted by Gasteiger charge is 2.22. The van der Waals surface area contributed by atoms with Crippen molar-refractivity contribution in [2.45, 2.75) is 13.8 Å². The molecule has 20 rings (SSSR count). The fourth-order valence-electron chi connectivity index (χ4n) is 14.6. The molecular formula is C96H67BrN10. The minimum Gasteiger partial charge on any atom is -0.354 e. The lowest BCUT2D eigenvalue weighted by molar-refractivity contribution is 1.07. The predicted octanol–water partition coefficient (Wildman–Crippen LogP) is 24.8. The molecule has 0 saturated heterocycles. The van der Waals surface area contributed by atoms with Crippen LogP contribution in [-0.2, 0) is 0 Å². The van der Waals surface area contributed by atoms with Gasteiger partial charge in [-0.15, -0.1) is 0 Å². The van der Waals surface area contributed by atoms with Crippen LogP contribution < -0.4 is 0 Å². The molecule has 508 valence electrons. The van der Waals surface area contributed by atoms with E-state index in [1.165, 1.54) is 71.4 Å². The second-order valence-corrected chi connectivity index (χ2v) is 27.5. The summed E-state index contributed by atoms with van der Waals surface area (Å²) in [6, 6.07) is 122. The van der Waals surface area contributed by atoms with Crippen molar-refractivity contribution < 1.29 is 0 Å². The van der Waals surface area contributed by atoms with Gasteiger partial charge in [0, 0.05) is 105 Å². The van der Waals surface area contributed by atoms with Gasteiger partial charge in [0.25, 0.3) is 0 Å². The first kappa shape index (κ1) is 65.3. The number of fused-ring (bicyclic) bond motifs is 10. The Morgan fingerprint density at radius 1 is 0.262 bits per heavy atom. The van der Waals surface area contributed by atoms with Gasteiger partial charge < -0.3 is 18.7 Å². The molecule has 1 N–H and O–H groups in total. The number of aryl methyl sites for hydroxylation is 2. The number of aromatic amines is 1. The highest BCUT2D eigenvalue weighted by Crippen LogP contribution is 2.42. The van der Waals surface area contributed by atoms with Crippen LogP contribution >= 0.6 is 15.9 Å². The van der Waals surface area contributed by atoms with E-state index >= 15 is 0 Å². The van der Waals surface area contributed by atoms with Crippen LogP contribution in [0.4, 0.5) is 0 Å². The average molecular weight is 1440 g/mol. The van der Waals surface area contributed by atoms with E-state index in [1.807, 2.05) is 146 Å². The minimum atomic E-state index is 0.619. The van der Waals surface area contributed by atoms with Crippen LogP contribution in [-0.4, -0.2) is 48.6 Å². The molecule has 20 aromatic rings. The Morgan fingerprint density at radius 3 is 1.12 bits per heavy atom. The number of halogens is 1. The summed E-state index contributed by atoms with van der Waals surface area (Å²) >= 11 is 3.66. The SMILES string of the molecule is Brc1cc(-c2ccccc2)cc(-c2nc(-c3ccccc3)nc(-c3ccccc3)n2)c1.Cc1ccccc1-n1ccc2c1ccc1c3ccccc3n(-c3cc(-c4ccccc4)cc(-c4nc(-c5ccccc5)nc(-c5ccccc5)n4)c3)c12.Cc1ccccc1-n1ccc2c3[nH]c4ccccc4c3ccc21. The van der Waals surface area contributed by atoms with E-state index in [-0.39, 0.29) is 0 Å². The van der Waals surface area contributed by atoms with Crippen molar-refractivity contribution in [3.8, 4) is 108 Å². The van der Waals surface area contributed by atoms with Crippen molar-refractivity contribution >= 4 is 81.3 Å². The first-order chi connectivity index (χ1) is 52.8. The van der Waals surface area contributed by atoms with Gasteiger partial charge in [0.2, 0.25) is 0 Å². The van der Waals surface area contributed by atoms with Crippen molar-refractivity contribution in [2.75, 3.05) is 0 Å². The van der Waals surface area contributed by atoms with E-state index < -0.39 is 0 Å². The maximum atomic E-state index is 5.14. The van der Waals surface area contributed by atoms with E-state index in [1.54, 1.807) is 0 Å². The Hall–Kier alpha value is -13.7. The molecule has 0 amide bonds. The number of nitrogens with zero attached hydrogens (tertiary/aromatic N) is 9.